The minimum absolute atomic E-state index is 0.284. The molecule has 0 amide bonds. The summed E-state index contributed by atoms with van der Waals surface area (Å²) in [6.45, 7) is 0. The number of rotatable bonds is 6. The molecule has 1 unspecified atom stereocenters. The van der Waals surface area contributed by atoms with Gasteiger partial charge < -0.3 is 10.1 Å². The Bertz CT molecular complexity index is 398. The third kappa shape index (κ3) is 4.07. The van der Waals surface area contributed by atoms with Crippen molar-refractivity contribution >= 4 is 15.9 Å². The van der Waals surface area contributed by atoms with Crippen LogP contribution in [0.4, 0.5) is 0 Å². The molecule has 0 bridgehead atoms. The van der Waals surface area contributed by atoms with E-state index in [0.29, 0.717) is 0 Å². The second kappa shape index (κ2) is 7.37. The highest BCUT2D eigenvalue weighted by Gasteiger charge is 2.14. The van der Waals surface area contributed by atoms with Gasteiger partial charge in [0.15, 0.2) is 0 Å². The summed E-state index contributed by atoms with van der Waals surface area (Å²) in [4.78, 5) is 0. The molecule has 17 heavy (non-hydrogen) atoms. The summed E-state index contributed by atoms with van der Waals surface area (Å²) in [6.07, 6.45) is 8.11. The van der Waals surface area contributed by atoms with E-state index in [1.54, 1.807) is 7.11 Å². The first-order valence-electron chi connectivity index (χ1n) is 5.67. The van der Waals surface area contributed by atoms with Gasteiger partial charge in [-0.15, -0.1) is 12.3 Å². The number of nitrogens with one attached hydrogen (secondary N) is 1. The van der Waals surface area contributed by atoms with E-state index >= 15 is 0 Å². The van der Waals surface area contributed by atoms with Gasteiger partial charge in [0.2, 0.25) is 0 Å². The molecule has 0 heterocycles. The van der Waals surface area contributed by atoms with Crippen LogP contribution in [0.3, 0.4) is 0 Å². The Balaban J connectivity index is 2.84. The van der Waals surface area contributed by atoms with Crippen molar-refractivity contribution in [2.45, 2.75) is 25.3 Å². The van der Waals surface area contributed by atoms with Gasteiger partial charge in [-0.3, -0.25) is 0 Å². The maximum absolute atomic E-state index is 5.40. The molecule has 3 heteroatoms. The van der Waals surface area contributed by atoms with Crippen molar-refractivity contribution in [3.8, 4) is 18.1 Å². The molecular formula is C14H18BrNO. The number of ether oxygens (including phenoxy) is 1. The average Bonchev–Trinajstić information content (AvgIpc) is 2.35. The zero-order chi connectivity index (χ0) is 12.7. The van der Waals surface area contributed by atoms with E-state index in [9.17, 15) is 0 Å². The third-order valence-electron chi connectivity index (χ3n) is 2.73. The zero-order valence-corrected chi connectivity index (χ0v) is 11.9. The minimum Gasteiger partial charge on any atom is -0.496 e. The summed E-state index contributed by atoms with van der Waals surface area (Å²) in [5, 5.41) is 3.31. The first-order chi connectivity index (χ1) is 8.22. The second-order valence-electron chi connectivity index (χ2n) is 3.82. The van der Waals surface area contributed by atoms with Crippen LogP contribution in [0.25, 0.3) is 0 Å². The molecule has 0 aliphatic heterocycles. The lowest BCUT2D eigenvalue weighted by Gasteiger charge is -2.19. The smallest absolute Gasteiger partial charge is 0.124 e. The van der Waals surface area contributed by atoms with Gasteiger partial charge in [-0.25, -0.2) is 0 Å². The molecule has 1 N–H and O–H groups in total. The van der Waals surface area contributed by atoms with E-state index in [2.05, 4.69) is 33.2 Å². The van der Waals surface area contributed by atoms with Gasteiger partial charge in [0, 0.05) is 22.5 Å². The first-order valence-corrected chi connectivity index (χ1v) is 6.46. The molecular weight excluding hydrogens is 278 g/mol. The van der Waals surface area contributed by atoms with Crippen LogP contribution in [-0.4, -0.2) is 14.2 Å². The first kappa shape index (κ1) is 14.1. The van der Waals surface area contributed by atoms with Crippen LogP contribution in [-0.2, 0) is 0 Å². The number of hydrogen-bond donors (Lipinski definition) is 1. The summed E-state index contributed by atoms with van der Waals surface area (Å²) in [6, 6.07) is 6.39. The van der Waals surface area contributed by atoms with Gasteiger partial charge in [0.25, 0.3) is 0 Å². The largest absolute Gasteiger partial charge is 0.496 e. The average molecular weight is 296 g/mol. The van der Waals surface area contributed by atoms with Crippen LogP contribution in [0, 0.1) is 12.3 Å². The second-order valence-corrected chi connectivity index (χ2v) is 4.74. The van der Waals surface area contributed by atoms with E-state index < -0.39 is 0 Å². The number of unbranched alkanes of at least 4 members (excludes halogenated alkanes) is 1. The Hall–Kier alpha value is -0.980. The summed E-state index contributed by atoms with van der Waals surface area (Å²) >= 11 is 3.45. The molecule has 92 valence electrons. The lowest BCUT2D eigenvalue weighted by atomic mass is 10.0. The maximum atomic E-state index is 5.40. The predicted molar refractivity (Wildman–Crippen MR) is 75.2 cm³/mol. The van der Waals surface area contributed by atoms with Crippen molar-refractivity contribution < 1.29 is 4.74 Å². The molecule has 0 radical (unpaired) electrons. The van der Waals surface area contributed by atoms with Gasteiger partial charge in [0.05, 0.1) is 7.11 Å². The van der Waals surface area contributed by atoms with Gasteiger partial charge in [-0.05, 0) is 32.0 Å². The molecule has 1 atom stereocenters. The van der Waals surface area contributed by atoms with Crippen LogP contribution in [0.2, 0.25) is 0 Å². The molecule has 1 aromatic carbocycles. The fourth-order valence-corrected chi connectivity index (χ4v) is 2.18. The molecule has 0 aromatic heterocycles. The quantitative estimate of drug-likeness (QED) is 0.640. The lowest BCUT2D eigenvalue weighted by Crippen LogP contribution is -2.17. The zero-order valence-electron chi connectivity index (χ0n) is 10.3. The van der Waals surface area contributed by atoms with Crippen molar-refractivity contribution in [3.63, 3.8) is 0 Å². The number of methoxy groups -OCH3 is 1. The summed E-state index contributed by atoms with van der Waals surface area (Å²) < 4.78 is 6.43. The van der Waals surface area contributed by atoms with E-state index in [4.69, 9.17) is 11.2 Å². The van der Waals surface area contributed by atoms with Crippen molar-refractivity contribution in [1.29, 1.82) is 0 Å². The van der Waals surface area contributed by atoms with Crippen LogP contribution < -0.4 is 10.1 Å². The molecule has 0 spiro atoms. The molecule has 0 saturated heterocycles. The fourth-order valence-electron chi connectivity index (χ4n) is 1.84. The number of halogens is 1. The molecule has 0 aliphatic carbocycles. The molecule has 2 nitrogen and oxygen atoms in total. The normalized spacial score (nSPS) is 11.9. The highest BCUT2D eigenvalue weighted by molar-refractivity contribution is 9.10. The Morgan fingerprint density at radius 2 is 2.29 bits per heavy atom. The molecule has 0 fully saturated rings. The van der Waals surface area contributed by atoms with Gasteiger partial charge in [-0.1, -0.05) is 22.0 Å². The molecule has 0 aliphatic rings. The van der Waals surface area contributed by atoms with Gasteiger partial charge >= 0.3 is 0 Å². The standard InChI is InChI=1S/C14H18BrNO/c1-4-5-6-7-13(16-2)12-9-8-11(15)10-14(12)17-3/h1,8-10,13,16H,5-7H2,2-3H3. The number of hydrogen-bond acceptors (Lipinski definition) is 2. The van der Waals surface area contributed by atoms with Crippen molar-refractivity contribution in [2.24, 2.45) is 0 Å². The highest BCUT2D eigenvalue weighted by atomic mass is 79.9. The SMILES string of the molecule is C#CCCCC(NC)c1ccc(Br)cc1OC. The minimum atomic E-state index is 0.284. The summed E-state index contributed by atoms with van der Waals surface area (Å²) in [5.41, 5.74) is 1.18. The van der Waals surface area contributed by atoms with E-state index in [-0.39, 0.29) is 6.04 Å². The van der Waals surface area contributed by atoms with E-state index in [1.807, 2.05) is 19.2 Å². The van der Waals surface area contributed by atoms with Crippen LogP contribution in [0.5, 0.6) is 5.75 Å². The van der Waals surface area contributed by atoms with Crippen LogP contribution in [0.15, 0.2) is 22.7 Å². The maximum Gasteiger partial charge on any atom is 0.124 e. The van der Waals surface area contributed by atoms with Gasteiger partial charge in [-0.2, -0.15) is 0 Å². The summed E-state index contributed by atoms with van der Waals surface area (Å²) in [5.74, 6) is 3.57. The van der Waals surface area contributed by atoms with Crippen molar-refractivity contribution in [1.82, 2.24) is 5.32 Å². The Labute approximate surface area is 112 Å². The molecule has 0 saturated carbocycles. The summed E-state index contributed by atoms with van der Waals surface area (Å²) in [7, 11) is 3.65. The van der Waals surface area contributed by atoms with Crippen molar-refractivity contribution in [3.05, 3.63) is 28.2 Å². The Morgan fingerprint density at radius 1 is 1.53 bits per heavy atom. The van der Waals surface area contributed by atoms with Crippen LogP contribution in [0.1, 0.15) is 30.9 Å². The van der Waals surface area contributed by atoms with E-state index in [0.717, 1.165) is 29.5 Å². The number of terminal acetylenes is 1. The van der Waals surface area contributed by atoms with Gasteiger partial charge in [0.1, 0.15) is 5.75 Å². The number of benzene rings is 1. The topological polar surface area (TPSA) is 21.3 Å². The van der Waals surface area contributed by atoms with E-state index in [1.165, 1.54) is 5.56 Å². The molecule has 1 aromatic rings. The third-order valence-corrected chi connectivity index (χ3v) is 3.23. The highest BCUT2D eigenvalue weighted by Crippen LogP contribution is 2.30. The Kier molecular flexibility index (Phi) is 6.10. The molecule has 1 rings (SSSR count). The predicted octanol–water partition coefficient (Wildman–Crippen LogP) is 3.52. The lowest BCUT2D eigenvalue weighted by molar-refractivity contribution is 0.397. The monoisotopic (exact) mass is 295 g/mol. The fraction of sp³-hybridized carbons (Fsp3) is 0.429. The van der Waals surface area contributed by atoms with Crippen LogP contribution >= 0.6 is 15.9 Å². The van der Waals surface area contributed by atoms with Crippen molar-refractivity contribution in [2.75, 3.05) is 14.2 Å². The Morgan fingerprint density at radius 3 is 2.88 bits per heavy atom.